The number of aryl methyl sites for hydroxylation is 2. The number of aromatic nitrogens is 4. The van der Waals surface area contributed by atoms with E-state index in [-0.39, 0.29) is 17.4 Å². The fraction of sp³-hybridized carbons (Fsp3) is 0.349. The second-order valence-corrected chi connectivity index (χ2v) is 17.1. The minimum Gasteiger partial charge on any atom is -0.506 e. The highest BCUT2D eigenvalue weighted by molar-refractivity contribution is 7.19. The van der Waals surface area contributed by atoms with Gasteiger partial charge in [-0.2, -0.15) is 0 Å². The first-order chi connectivity index (χ1) is 27.8. The number of H-pyrrole nitrogens is 1. The Morgan fingerprint density at radius 2 is 1.86 bits per heavy atom. The fourth-order valence-corrected chi connectivity index (χ4v) is 10.6. The molecule has 1 aliphatic heterocycles. The van der Waals surface area contributed by atoms with Crippen molar-refractivity contribution in [3.8, 4) is 5.75 Å². The Kier molecular flexibility index (Phi) is 10.4. The third-order valence-electron chi connectivity index (χ3n) is 11.5. The Hall–Kier alpha value is -4.96. The van der Waals surface area contributed by atoms with Crippen LogP contribution in [0.2, 0.25) is 0 Å². The molecule has 1 saturated heterocycles. The van der Waals surface area contributed by atoms with Crippen molar-refractivity contribution in [2.45, 2.75) is 69.4 Å². The first-order valence-corrected chi connectivity index (χ1v) is 21.2. The quantitative estimate of drug-likeness (QED) is 0.0887. The molecule has 5 N–H and O–H groups in total. The van der Waals surface area contributed by atoms with E-state index < -0.39 is 17.7 Å². The topological polar surface area (TPSA) is 166 Å². The van der Waals surface area contributed by atoms with Crippen LogP contribution >= 0.6 is 22.7 Å². The summed E-state index contributed by atoms with van der Waals surface area (Å²) in [7, 11) is 0. The molecule has 2 aliphatic rings. The Labute approximate surface area is 336 Å². The molecule has 0 radical (unpaired) electrons. The van der Waals surface area contributed by atoms with Crippen molar-refractivity contribution in [2.24, 2.45) is 0 Å². The number of hydrogen-bond acceptors (Lipinski definition) is 12. The molecule has 3 aromatic carbocycles. The van der Waals surface area contributed by atoms with Crippen molar-refractivity contribution in [2.75, 3.05) is 26.2 Å². The van der Waals surface area contributed by atoms with Gasteiger partial charge in [-0.25, -0.2) is 9.48 Å². The number of aromatic hydroxyl groups is 1. The van der Waals surface area contributed by atoms with Gasteiger partial charge < -0.3 is 35.3 Å². The standard InChI is InChI=1S/C43H44N6O6S2/c50-34-13-11-30(31-12-14-39(52)45-40(31)34)35(51)25-44-24-27-22-33-41(32-8-3-7-29(27)32)49(47-46-33)18-5-17-48-19-15-28(16-20-48)55-42(53)43(54,37-10-4-21-56-37)38-23-26-6-1-2-9-36(26)57-38/h1-2,4,6,9-14,21-23,28,35,44,50-51,54H,3,5,7-8,15-20,24-25H2,(H,45,52)/t35-,43+/m0/s1. The number of benzene rings is 3. The minimum atomic E-state index is -1.84. The molecule has 0 saturated carbocycles. The number of carbonyl (C=O) groups is 1. The van der Waals surface area contributed by atoms with Gasteiger partial charge in [0.05, 0.1) is 26.9 Å². The summed E-state index contributed by atoms with van der Waals surface area (Å²) in [6, 6.07) is 21.8. The maximum absolute atomic E-state index is 13.8. The van der Waals surface area contributed by atoms with Crippen molar-refractivity contribution in [1.82, 2.24) is 30.2 Å². The smallest absolute Gasteiger partial charge is 0.349 e. The third kappa shape index (κ3) is 7.26. The zero-order valence-electron chi connectivity index (χ0n) is 31.3. The summed E-state index contributed by atoms with van der Waals surface area (Å²) in [5, 5.41) is 49.3. The molecule has 57 heavy (non-hydrogen) atoms. The van der Waals surface area contributed by atoms with Crippen LogP contribution in [-0.2, 0) is 41.1 Å². The lowest BCUT2D eigenvalue weighted by Gasteiger charge is -2.33. The van der Waals surface area contributed by atoms with E-state index in [1.807, 2.05) is 41.8 Å². The number of thiophene rings is 2. The number of aromatic amines is 1. The number of aliphatic hydroxyl groups is 2. The third-order valence-corrected chi connectivity index (χ3v) is 13.7. The molecule has 2 atom stereocenters. The van der Waals surface area contributed by atoms with E-state index in [0.717, 1.165) is 78.5 Å². The summed E-state index contributed by atoms with van der Waals surface area (Å²) in [4.78, 5) is 31.8. The van der Waals surface area contributed by atoms with Crippen LogP contribution in [0, 0.1) is 0 Å². The number of piperidine rings is 1. The van der Waals surface area contributed by atoms with Gasteiger partial charge in [-0.3, -0.25) is 4.79 Å². The zero-order chi connectivity index (χ0) is 39.1. The molecular weight excluding hydrogens is 761 g/mol. The van der Waals surface area contributed by atoms with Crippen molar-refractivity contribution < 1.29 is 24.9 Å². The molecule has 0 amide bonds. The van der Waals surface area contributed by atoms with Crippen LogP contribution in [0.15, 0.2) is 83.0 Å². The molecular formula is C43H44N6O6S2. The fourth-order valence-electron chi connectivity index (χ4n) is 8.56. The minimum absolute atomic E-state index is 0.0342. The molecule has 294 valence electrons. The molecule has 4 aromatic heterocycles. The molecule has 1 aliphatic carbocycles. The van der Waals surface area contributed by atoms with Crippen LogP contribution in [0.25, 0.3) is 32.0 Å². The number of rotatable bonds is 13. The molecule has 14 heteroatoms. The number of phenols is 1. The molecule has 0 bridgehead atoms. The predicted octanol–water partition coefficient (Wildman–Crippen LogP) is 5.90. The van der Waals surface area contributed by atoms with Crippen molar-refractivity contribution in [3.63, 3.8) is 0 Å². The molecule has 5 heterocycles. The number of likely N-dealkylation sites (tertiary alicyclic amines) is 1. The van der Waals surface area contributed by atoms with Gasteiger partial charge in [-0.15, -0.1) is 27.8 Å². The number of aliphatic hydroxyl groups excluding tert-OH is 1. The van der Waals surface area contributed by atoms with E-state index in [1.54, 1.807) is 18.2 Å². The van der Waals surface area contributed by atoms with Gasteiger partial charge in [-0.05, 0) is 114 Å². The predicted molar refractivity (Wildman–Crippen MR) is 222 cm³/mol. The van der Waals surface area contributed by atoms with E-state index in [1.165, 1.54) is 45.9 Å². The van der Waals surface area contributed by atoms with E-state index in [0.29, 0.717) is 52.2 Å². The van der Waals surface area contributed by atoms with E-state index in [2.05, 4.69) is 36.3 Å². The maximum Gasteiger partial charge on any atom is 0.349 e. The first kappa shape index (κ1) is 37.6. The summed E-state index contributed by atoms with van der Waals surface area (Å²) in [5.74, 6) is -0.646. The van der Waals surface area contributed by atoms with Crippen LogP contribution in [0.1, 0.15) is 63.8 Å². The van der Waals surface area contributed by atoms with Gasteiger partial charge in [0.25, 0.3) is 0 Å². The Bertz CT molecular complexity index is 2600. The van der Waals surface area contributed by atoms with Gasteiger partial charge in [0.2, 0.25) is 11.2 Å². The van der Waals surface area contributed by atoms with Crippen LogP contribution in [0.3, 0.4) is 0 Å². The number of ether oxygens (including phenoxy) is 1. The number of hydrogen-bond donors (Lipinski definition) is 5. The summed E-state index contributed by atoms with van der Waals surface area (Å²) in [6.45, 7) is 4.11. The zero-order valence-corrected chi connectivity index (χ0v) is 33.0. The highest BCUT2D eigenvalue weighted by atomic mass is 32.1. The Balaban J connectivity index is 0.794. The lowest BCUT2D eigenvalue weighted by Crippen LogP contribution is -2.43. The maximum atomic E-state index is 13.8. The Morgan fingerprint density at radius 1 is 1.02 bits per heavy atom. The van der Waals surface area contributed by atoms with Crippen molar-refractivity contribution in [1.29, 1.82) is 0 Å². The van der Waals surface area contributed by atoms with Crippen molar-refractivity contribution >= 4 is 60.7 Å². The number of phenolic OH excluding ortho intramolecular Hbond substituents is 1. The van der Waals surface area contributed by atoms with Gasteiger partial charge >= 0.3 is 5.97 Å². The van der Waals surface area contributed by atoms with E-state index >= 15 is 0 Å². The van der Waals surface area contributed by atoms with Crippen LogP contribution < -0.4 is 10.9 Å². The van der Waals surface area contributed by atoms with Crippen LogP contribution in [0.5, 0.6) is 5.75 Å². The van der Waals surface area contributed by atoms with E-state index in [4.69, 9.17) is 4.74 Å². The largest absolute Gasteiger partial charge is 0.506 e. The highest BCUT2D eigenvalue weighted by Crippen LogP contribution is 2.41. The summed E-state index contributed by atoms with van der Waals surface area (Å²) < 4.78 is 9.13. The number of nitrogens with one attached hydrogen (secondary N) is 2. The number of esters is 1. The summed E-state index contributed by atoms with van der Waals surface area (Å²) in [6.07, 6.45) is 4.25. The molecule has 1 fully saturated rings. The molecule has 12 nitrogen and oxygen atoms in total. The second kappa shape index (κ2) is 15.8. The molecule has 7 aromatic rings. The number of pyridine rings is 1. The number of carbonyl (C=O) groups excluding carboxylic acids is 1. The van der Waals surface area contributed by atoms with Gasteiger partial charge in [-0.1, -0.05) is 35.5 Å². The van der Waals surface area contributed by atoms with E-state index in [9.17, 15) is 24.9 Å². The van der Waals surface area contributed by atoms with Gasteiger partial charge in [0, 0.05) is 48.9 Å². The molecule has 0 spiro atoms. The average molecular weight is 805 g/mol. The lowest BCUT2D eigenvalue weighted by atomic mass is 9.98. The van der Waals surface area contributed by atoms with Crippen LogP contribution in [0.4, 0.5) is 0 Å². The average Bonchev–Trinajstić information content (AvgIpc) is 4.06. The highest BCUT2D eigenvalue weighted by Gasteiger charge is 2.45. The monoisotopic (exact) mass is 804 g/mol. The summed E-state index contributed by atoms with van der Waals surface area (Å²) in [5.41, 5.74) is 4.58. The lowest BCUT2D eigenvalue weighted by molar-refractivity contribution is -0.169. The number of fused-ring (bicyclic) bond motifs is 5. The first-order valence-electron chi connectivity index (χ1n) is 19.6. The van der Waals surface area contributed by atoms with Crippen molar-refractivity contribution in [3.05, 3.63) is 121 Å². The Morgan fingerprint density at radius 3 is 2.68 bits per heavy atom. The van der Waals surface area contributed by atoms with Gasteiger partial charge in [0.1, 0.15) is 17.4 Å². The van der Waals surface area contributed by atoms with Gasteiger partial charge in [0.15, 0.2) is 0 Å². The van der Waals surface area contributed by atoms with Crippen LogP contribution in [-0.4, -0.2) is 78.4 Å². The SMILES string of the molecule is O=C(OC1CCN(CCCn2nnc3cc(CNC[C@H](O)c4ccc(O)c5[nH]c(=O)ccc45)c4c(c32)CCC4)CC1)[C@@](O)(c1cccs1)c1cc2ccccc2s1. The molecule has 9 rings (SSSR count). The summed E-state index contributed by atoms with van der Waals surface area (Å²) >= 11 is 2.78. The second-order valence-electron chi connectivity index (χ2n) is 15.1. The normalized spacial score (nSPS) is 16.7. The molecule has 0 unspecified atom stereocenters. The number of nitrogens with zero attached hydrogens (tertiary/aromatic N) is 4.